The van der Waals surface area contributed by atoms with Gasteiger partial charge in [0.1, 0.15) is 0 Å². The minimum Gasteiger partial charge on any atom is -0.481 e. The number of hydrogen-bond acceptors (Lipinski definition) is 2. The van der Waals surface area contributed by atoms with Gasteiger partial charge in [0.15, 0.2) is 0 Å². The third kappa shape index (κ3) is 1.85. The molecule has 120 valence electrons. The van der Waals surface area contributed by atoms with Crippen LogP contribution in [0.2, 0.25) is 0 Å². The molecule has 2 aromatic rings. The fourth-order valence-corrected chi connectivity index (χ4v) is 4.32. The molecular formula is C18H20N2O3. The molecule has 2 N–H and O–H groups in total. The summed E-state index contributed by atoms with van der Waals surface area (Å²) in [6.07, 6.45) is 2.94. The Morgan fingerprint density at radius 2 is 2.04 bits per heavy atom. The first kappa shape index (κ1) is 14.3. The SMILES string of the molecule is CC(=O)N1CCc2c([nH]c3ccccc23)C1C1(C(=O)O)CCC1. The van der Waals surface area contributed by atoms with Gasteiger partial charge in [-0.05, 0) is 30.9 Å². The van der Waals surface area contributed by atoms with Gasteiger partial charge in [-0.25, -0.2) is 0 Å². The number of para-hydroxylation sites is 1. The van der Waals surface area contributed by atoms with Gasteiger partial charge in [0, 0.05) is 30.1 Å². The molecule has 1 aliphatic carbocycles. The lowest BCUT2D eigenvalue weighted by atomic mass is 9.61. The molecule has 2 heterocycles. The van der Waals surface area contributed by atoms with Crippen molar-refractivity contribution in [3.05, 3.63) is 35.5 Å². The first-order chi connectivity index (χ1) is 11.0. The highest BCUT2D eigenvalue weighted by Gasteiger charge is 2.56. The summed E-state index contributed by atoms with van der Waals surface area (Å²) in [6, 6.07) is 7.66. The van der Waals surface area contributed by atoms with Gasteiger partial charge in [-0.2, -0.15) is 0 Å². The quantitative estimate of drug-likeness (QED) is 0.895. The number of carbonyl (C=O) groups is 2. The number of hydrogen-bond donors (Lipinski definition) is 2. The van der Waals surface area contributed by atoms with Crippen LogP contribution in [0.1, 0.15) is 43.5 Å². The molecule has 1 aliphatic heterocycles. The largest absolute Gasteiger partial charge is 0.481 e. The van der Waals surface area contributed by atoms with Crippen molar-refractivity contribution in [2.24, 2.45) is 5.41 Å². The molecule has 5 nitrogen and oxygen atoms in total. The zero-order valence-corrected chi connectivity index (χ0v) is 13.1. The van der Waals surface area contributed by atoms with E-state index in [0.717, 1.165) is 29.4 Å². The van der Waals surface area contributed by atoms with Crippen molar-refractivity contribution in [2.45, 2.75) is 38.6 Å². The van der Waals surface area contributed by atoms with Crippen LogP contribution in [0.15, 0.2) is 24.3 Å². The fraction of sp³-hybridized carbons (Fsp3) is 0.444. The van der Waals surface area contributed by atoms with Crippen molar-refractivity contribution in [3.63, 3.8) is 0 Å². The lowest BCUT2D eigenvalue weighted by Gasteiger charge is -2.50. The standard InChI is InChI=1S/C18H20N2O3/c1-11(21)20-10-7-13-12-5-2-3-6-14(12)19-15(13)16(20)18(17(22)23)8-4-9-18/h2-3,5-6,16,19H,4,7-10H2,1H3,(H,22,23). The van der Waals surface area contributed by atoms with Gasteiger partial charge in [-0.15, -0.1) is 0 Å². The molecule has 1 saturated carbocycles. The molecule has 0 bridgehead atoms. The van der Waals surface area contributed by atoms with Crippen molar-refractivity contribution in [1.82, 2.24) is 9.88 Å². The summed E-state index contributed by atoms with van der Waals surface area (Å²) in [5.74, 6) is -0.835. The van der Waals surface area contributed by atoms with E-state index in [1.807, 2.05) is 18.2 Å². The number of carboxylic acid groups (broad SMARTS) is 1. The second-order valence-corrected chi connectivity index (χ2v) is 6.74. The minimum absolute atomic E-state index is 0.0492. The first-order valence-corrected chi connectivity index (χ1v) is 8.15. The third-order valence-corrected chi connectivity index (χ3v) is 5.63. The number of H-pyrrole nitrogens is 1. The van der Waals surface area contributed by atoms with E-state index in [9.17, 15) is 14.7 Å². The minimum atomic E-state index is -0.846. The van der Waals surface area contributed by atoms with E-state index in [4.69, 9.17) is 0 Å². The summed E-state index contributed by atoms with van der Waals surface area (Å²) in [4.78, 5) is 29.4. The maximum absolute atomic E-state index is 12.2. The van der Waals surface area contributed by atoms with Gasteiger partial charge in [-0.3, -0.25) is 9.59 Å². The average molecular weight is 312 g/mol. The van der Waals surface area contributed by atoms with Crippen molar-refractivity contribution in [3.8, 4) is 0 Å². The van der Waals surface area contributed by atoms with Crippen LogP contribution in [-0.2, 0) is 16.0 Å². The molecular weight excluding hydrogens is 292 g/mol. The van der Waals surface area contributed by atoms with Crippen molar-refractivity contribution < 1.29 is 14.7 Å². The summed E-state index contributed by atoms with van der Waals surface area (Å²) in [5, 5.41) is 11.0. The van der Waals surface area contributed by atoms with Gasteiger partial charge in [0.2, 0.25) is 5.91 Å². The molecule has 23 heavy (non-hydrogen) atoms. The van der Waals surface area contributed by atoms with E-state index in [1.165, 1.54) is 12.5 Å². The molecule has 0 radical (unpaired) electrons. The number of nitrogens with zero attached hydrogens (tertiary/aromatic N) is 1. The predicted octanol–water partition coefficient (Wildman–Crippen LogP) is 2.87. The average Bonchev–Trinajstić information content (AvgIpc) is 2.84. The summed E-state index contributed by atoms with van der Waals surface area (Å²) >= 11 is 0. The molecule has 4 rings (SSSR count). The number of aliphatic carboxylic acids is 1. The highest BCUT2D eigenvalue weighted by Crippen LogP contribution is 2.55. The van der Waals surface area contributed by atoms with Crippen LogP contribution in [0.5, 0.6) is 0 Å². The maximum atomic E-state index is 12.2. The number of rotatable bonds is 2. The van der Waals surface area contributed by atoms with Crippen LogP contribution in [0.25, 0.3) is 10.9 Å². The molecule has 0 spiro atoms. The van der Waals surface area contributed by atoms with Crippen LogP contribution < -0.4 is 0 Å². The van der Waals surface area contributed by atoms with Crippen LogP contribution in [-0.4, -0.2) is 33.4 Å². The summed E-state index contributed by atoms with van der Waals surface area (Å²) < 4.78 is 0. The number of amides is 1. The Morgan fingerprint density at radius 1 is 1.30 bits per heavy atom. The summed E-state index contributed by atoms with van der Waals surface area (Å²) in [7, 11) is 0. The monoisotopic (exact) mass is 312 g/mol. The number of nitrogens with one attached hydrogen (secondary N) is 1. The number of carbonyl (C=O) groups excluding carboxylic acids is 1. The molecule has 1 aromatic carbocycles. The number of carboxylic acids is 1. The van der Waals surface area contributed by atoms with Crippen molar-refractivity contribution >= 4 is 22.8 Å². The second-order valence-electron chi connectivity index (χ2n) is 6.74. The molecule has 1 amide bonds. The molecule has 1 fully saturated rings. The maximum Gasteiger partial charge on any atom is 0.312 e. The highest BCUT2D eigenvalue weighted by molar-refractivity contribution is 5.87. The van der Waals surface area contributed by atoms with Gasteiger partial charge in [0.05, 0.1) is 11.5 Å². The summed E-state index contributed by atoms with van der Waals surface area (Å²) in [6.45, 7) is 2.12. The van der Waals surface area contributed by atoms with Crippen LogP contribution >= 0.6 is 0 Å². The Kier molecular flexibility index (Phi) is 3.01. The first-order valence-electron chi connectivity index (χ1n) is 8.15. The van der Waals surface area contributed by atoms with Gasteiger partial charge in [-0.1, -0.05) is 24.6 Å². The van der Waals surface area contributed by atoms with E-state index >= 15 is 0 Å². The summed E-state index contributed by atoms with van der Waals surface area (Å²) in [5.41, 5.74) is 2.28. The number of aromatic amines is 1. The number of fused-ring (bicyclic) bond motifs is 3. The van der Waals surface area contributed by atoms with Crippen LogP contribution in [0, 0.1) is 5.41 Å². The highest BCUT2D eigenvalue weighted by atomic mass is 16.4. The molecule has 1 aromatic heterocycles. The molecule has 5 heteroatoms. The lowest BCUT2D eigenvalue weighted by molar-refractivity contribution is -0.165. The topological polar surface area (TPSA) is 73.4 Å². The van der Waals surface area contributed by atoms with Gasteiger partial charge >= 0.3 is 5.97 Å². The van der Waals surface area contributed by atoms with Crippen LogP contribution in [0.3, 0.4) is 0 Å². The Bertz CT molecular complexity index is 804. The van der Waals surface area contributed by atoms with Gasteiger partial charge < -0.3 is 15.0 Å². The van der Waals surface area contributed by atoms with Crippen molar-refractivity contribution in [2.75, 3.05) is 6.54 Å². The fourth-order valence-electron chi connectivity index (χ4n) is 4.32. The molecule has 2 aliphatic rings. The van der Waals surface area contributed by atoms with Crippen molar-refractivity contribution in [1.29, 1.82) is 0 Å². The van der Waals surface area contributed by atoms with E-state index in [1.54, 1.807) is 4.90 Å². The Labute approximate surface area is 134 Å². The predicted molar refractivity (Wildman–Crippen MR) is 86.1 cm³/mol. The van der Waals surface area contributed by atoms with E-state index in [-0.39, 0.29) is 11.9 Å². The smallest absolute Gasteiger partial charge is 0.312 e. The number of aromatic nitrogens is 1. The third-order valence-electron chi connectivity index (χ3n) is 5.63. The molecule has 1 atom stereocenters. The normalized spacial score (nSPS) is 22.5. The molecule has 0 saturated heterocycles. The van der Waals surface area contributed by atoms with Gasteiger partial charge in [0.25, 0.3) is 0 Å². The molecule has 1 unspecified atom stereocenters. The Balaban J connectivity index is 1.93. The van der Waals surface area contributed by atoms with Crippen LogP contribution in [0.4, 0.5) is 0 Å². The Morgan fingerprint density at radius 3 is 2.65 bits per heavy atom. The number of benzene rings is 1. The van der Waals surface area contributed by atoms with E-state index in [2.05, 4.69) is 11.1 Å². The zero-order chi connectivity index (χ0) is 16.2. The zero-order valence-electron chi connectivity index (χ0n) is 13.1. The van der Waals surface area contributed by atoms with E-state index < -0.39 is 11.4 Å². The lowest BCUT2D eigenvalue weighted by Crippen LogP contribution is -2.53. The van der Waals surface area contributed by atoms with E-state index in [0.29, 0.717) is 19.4 Å². The second kappa shape index (κ2) is 4.85. The Hall–Kier alpha value is -2.30.